The summed E-state index contributed by atoms with van der Waals surface area (Å²) in [5.74, 6) is -18.0. The van der Waals surface area contributed by atoms with Gasteiger partial charge in [0.1, 0.15) is 49.5 Å². The van der Waals surface area contributed by atoms with E-state index in [0.29, 0.717) is 0 Å². The summed E-state index contributed by atoms with van der Waals surface area (Å²) in [6.07, 6.45) is -14.2. The average Bonchev–Trinajstić information content (AvgIpc) is 3.26. The van der Waals surface area contributed by atoms with Crippen molar-refractivity contribution in [1.29, 1.82) is 5.41 Å². The van der Waals surface area contributed by atoms with Crippen molar-refractivity contribution in [3.8, 4) is 0 Å². The maximum atomic E-state index is 14.0. The minimum atomic E-state index is -5.66. The van der Waals surface area contributed by atoms with E-state index in [4.69, 9.17) is 16.9 Å². The van der Waals surface area contributed by atoms with E-state index in [1.807, 2.05) is 5.32 Å². The predicted octanol–water partition coefficient (Wildman–Crippen LogP) is -3.22. The Morgan fingerprint density at radius 1 is 0.630 bits per heavy atom. The summed E-state index contributed by atoms with van der Waals surface area (Å²) in [5, 5.41) is 55.1. The molecule has 0 fully saturated rings. The van der Waals surface area contributed by atoms with Crippen LogP contribution in [-0.4, -0.2) is 174 Å². The van der Waals surface area contributed by atoms with Gasteiger partial charge < -0.3 is 78.8 Å². The van der Waals surface area contributed by atoms with Gasteiger partial charge in [-0.1, -0.05) is 54.9 Å². The van der Waals surface area contributed by atoms with Crippen LogP contribution in [0.3, 0.4) is 0 Å². The van der Waals surface area contributed by atoms with Crippen LogP contribution in [-0.2, 0) is 57.4 Å². The van der Waals surface area contributed by atoms with E-state index in [9.17, 15) is 89.6 Å². The number of aliphatic carboxylic acids is 1. The Bertz CT molecular complexity index is 1950. The molecule has 0 spiro atoms. The molecule has 0 saturated heterocycles. The molecule has 0 aromatic carbocycles. The topological polar surface area (TPSA) is 422 Å². The maximum absolute atomic E-state index is 14.0. The summed E-state index contributed by atoms with van der Waals surface area (Å²) >= 11 is 0. The van der Waals surface area contributed by atoms with Crippen LogP contribution in [0.2, 0.25) is 0 Å². The Morgan fingerprint density at radius 3 is 1.55 bits per heavy atom. The molecule has 0 aliphatic heterocycles. The van der Waals surface area contributed by atoms with Crippen LogP contribution in [0.5, 0.6) is 0 Å². The fourth-order valence-electron chi connectivity index (χ4n) is 5.97. The van der Waals surface area contributed by atoms with Gasteiger partial charge in [0.25, 0.3) is 0 Å². The van der Waals surface area contributed by atoms with Gasteiger partial charge in [0, 0.05) is 6.54 Å². The van der Waals surface area contributed by atoms with Gasteiger partial charge in [-0.2, -0.15) is 26.3 Å². The zero-order valence-corrected chi connectivity index (χ0v) is 41.2. The van der Waals surface area contributed by atoms with Gasteiger partial charge in [0.2, 0.25) is 41.4 Å². The molecule has 16 N–H and O–H groups in total. The Hall–Kier alpha value is -6.57. The van der Waals surface area contributed by atoms with Crippen LogP contribution < -0.4 is 54.0 Å². The van der Waals surface area contributed by atoms with Gasteiger partial charge in [-0.15, -0.1) is 0 Å². The third kappa shape index (κ3) is 25.1. The largest absolute Gasteiger partial charge is 0.490 e. The van der Waals surface area contributed by atoms with E-state index in [-0.39, 0.29) is 32.2 Å². The second kappa shape index (κ2) is 29.8. The van der Waals surface area contributed by atoms with Crippen molar-refractivity contribution in [3.05, 3.63) is 0 Å². The normalized spacial score (nSPS) is 15.9. The molecule has 73 heavy (non-hydrogen) atoms. The number of carbonyl (C=O) groups excluding carboxylic acids is 9. The first kappa shape index (κ1) is 66.4. The monoisotopic (exact) mass is 1070 g/mol. The van der Waals surface area contributed by atoms with Gasteiger partial charge in [-0.3, -0.25) is 39.0 Å². The number of hydrogen-bond acceptors (Lipinski definition) is 16. The molecule has 418 valence electrons. The molecule has 0 bridgehead atoms. The lowest BCUT2D eigenvalue weighted by molar-refractivity contribution is -0.201. The van der Waals surface area contributed by atoms with Crippen molar-refractivity contribution >= 4 is 65.2 Å². The fraction of sp³-hybridized carbons (Fsp3) is 0.732. The molecule has 0 aromatic rings. The van der Waals surface area contributed by atoms with Crippen molar-refractivity contribution in [2.24, 2.45) is 28.7 Å². The quantitative estimate of drug-likeness (QED) is 0.0115. The number of aliphatic hydroxyl groups is 2. The number of hydrogen-bond donors (Lipinski definition) is 14. The fourth-order valence-corrected chi connectivity index (χ4v) is 5.97. The molecule has 0 heterocycles. The lowest BCUT2D eigenvalue weighted by atomic mass is 9.87. The van der Waals surface area contributed by atoms with Gasteiger partial charge >= 0.3 is 30.3 Å². The predicted molar refractivity (Wildman–Crippen MR) is 239 cm³/mol. The van der Waals surface area contributed by atoms with Gasteiger partial charge in [0.15, 0.2) is 12.0 Å². The Morgan fingerprint density at radius 2 is 1.10 bits per heavy atom. The molecule has 26 nitrogen and oxygen atoms in total. The van der Waals surface area contributed by atoms with Crippen LogP contribution in [0.1, 0.15) is 81.1 Å². The van der Waals surface area contributed by atoms with Gasteiger partial charge in [-0.05, 0) is 43.4 Å². The third-order valence-corrected chi connectivity index (χ3v) is 10.2. The van der Waals surface area contributed by atoms with Crippen molar-refractivity contribution in [3.63, 3.8) is 0 Å². The zero-order chi connectivity index (χ0) is 56.9. The SMILES string of the molecule is CC[C@H](C)[C@H](NC(=O)[C@@H](CCCNC(=N)N)NC(=O)[C@H](CC(C)(C)C)NC(=O)[C@@H](N)[C@H](O)C(C)C)C(=O)N[C@H](C(=O)NCC(=O)N[C@@H](COC(=O)C(F)(F)F)C(=O)N[C@@H](COC(=O)C(F)(F)F)C(=O)O)[C@H](C)O. The number of carbonyl (C=O) groups is 10. The molecule has 0 aromatic heterocycles. The van der Waals surface area contributed by atoms with Crippen molar-refractivity contribution in [2.75, 3.05) is 26.3 Å². The highest BCUT2D eigenvalue weighted by Gasteiger charge is 2.44. The Kier molecular flexibility index (Phi) is 27.1. The van der Waals surface area contributed by atoms with Crippen LogP contribution >= 0.6 is 0 Å². The zero-order valence-electron chi connectivity index (χ0n) is 41.2. The molecule has 0 rings (SSSR count). The summed E-state index contributed by atoms with van der Waals surface area (Å²) < 4.78 is 83.9. The number of guanidine groups is 1. The smallest absolute Gasteiger partial charge is 0.480 e. The number of nitrogens with two attached hydrogens (primary N) is 2. The van der Waals surface area contributed by atoms with E-state index < -0.39 is 169 Å². The first-order valence-electron chi connectivity index (χ1n) is 22.3. The maximum Gasteiger partial charge on any atom is 0.490 e. The van der Waals surface area contributed by atoms with Crippen LogP contribution in [0.25, 0.3) is 0 Å². The van der Waals surface area contributed by atoms with E-state index in [0.717, 1.165) is 6.92 Å². The molecule has 0 radical (unpaired) electrons. The lowest BCUT2D eigenvalue weighted by Crippen LogP contribution is -2.62. The molecule has 0 saturated carbocycles. The Labute approximate surface area is 414 Å². The summed E-state index contributed by atoms with van der Waals surface area (Å²) in [6, 6.07) is -12.7. The van der Waals surface area contributed by atoms with Crippen molar-refractivity contribution in [1.82, 2.24) is 42.5 Å². The first-order valence-corrected chi connectivity index (χ1v) is 22.3. The number of carboxylic acid groups (broad SMARTS) is 1. The number of aliphatic hydroxyl groups excluding tert-OH is 2. The number of amides is 7. The number of halogens is 6. The molecule has 0 unspecified atom stereocenters. The minimum Gasteiger partial charge on any atom is -0.480 e. The molecular formula is C41H67F6N11O15. The molecule has 7 amide bonds. The summed E-state index contributed by atoms with van der Waals surface area (Å²) in [7, 11) is 0. The number of esters is 2. The van der Waals surface area contributed by atoms with Crippen molar-refractivity contribution in [2.45, 2.75) is 148 Å². The number of rotatable bonds is 29. The summed E-state index contributed by atoms with van der Waals surface area (Å²) in [5.41, 5.74) is 10.7. The second-order valence-corrected chi connectivity index (χ2v) is 18.2. The molecule has 32 heteroatoms. The van der Waals surface area contributed by atoms with Crippen molar-refractivity contribution < 1.29 is 99.1 Å². The van der Waals surface area contributed by atoms with Crippen LogP contribution in [0.15, 0.2) is 0 Å². The highest BCUT2D eigenvalue weighted by atomic mass is 19.4. The molecule has 0 aliphatic carbocycles. The van der Waals surface area contributed by atoms with Gasteiger partial charge in [-0.25, -0.2) is 14.4 Å². The van der Waals surface area contributed by atoms with E-state index >= 15 is 0 Å². The highest BCUT2D eigenvalue weighted by molar-refractivity contribution is 5.97. The third-order valence-electron chi connectivity index (χ3n) is 10.2. The van der Waals surface area contributed by atoms with E-state index in [1.54, 1.807) is 46.9 Å². The molecular weight excluding hydrogens is 1000 g/mol. The van der Waals surface area contributed by atoms with E-state index in [2.05, 4.69) is 36.1 Å². The lowest BCUT2D eigenvalue weighted by Gasteiger charge is -2.31. The van der Waals surface area contributed by atoms with E-state index in [1.165, 1.54) is 12.2 Å². The molecule has 10 atom stereocenters. The number of nitrogens with one attached hydrogen (secondary N) is 9. The van der Waals surface area contributed by atoms with Crippen LogP contribution in [0.4, 0.5) is 26.3 Å². The van der Waals surface area contributed by atoms with Gasteiger partial charge in [0.05, 0.1) is 18.8 Å². The number of alkyl halides is 6. The summed E-state index contributed by atoms with van der Waals surface area (Å²) in [6.45, 7) is 8.05. The average molecular weight is 1070 g/mol. The Balaban J connectivity index is 6.50. The number of carboxylic acids is 1. The highest BCUT2D eigenvalue weighted by Crippen LogP contribution is 2.22. The summed E-state index contributed by atoms with van der Waals surface area (Å²) in [4.78, 5) is 128. The molecule has 0 aliphatic rings. The standard InChI is InChI=1S/C41H67F6N11O15/c1-9-18(4)26(57-29(62)20(11-10-12-51-38(49)50)54-30(63)21(13-39(6,7)8)55-32(65)25(48)28(61)17(2)3)34(67)58-27(19(5)59)33(66)52-14-24(60)53-22(15-72-36(70)40(42,43)44)31(64)56-23(35(68)69)16-73-37(71)41(45,46)47/h17-23,25-28,59,61H,9-16,48H2,1-8H3,(H,52,66)(H,53,60)(H,54,63)(H,55,65)(H,56,64)(H,57,62)(H,58,67)(H,68,69)(H4,49,50,51)/t18-,19-,20+,21-,22-,23-,25-,26-,27-,28+/m0/s1. The second-order valence-electron chi connectivity index (χ2n) is 18.2. The van der Waals surface area contributed by atoms with Crippen LogP contribution in [0, 0.1) is 22.7 Å². The first-order chi connectivity index (χ1) is 33.3. The minimum absolute atomic E-state index is 0.00897. The number of ether oxygens (including phenoxy) is 2.